The highest BCUT2D eigenvalue weighted by atomic mass is 32.1. The molecule has 0 saturated carbocycles. The van der Waals surface area contributed by atoms with Crippen molar-refractivity contribution >= 4 is 38.5 Å². The zero-order valence-corrected chi connectivity index (χ0v) is 20.7. The Labute approximate surface area is 208 Å². The summed E-state index contributed by atoms with van der Waals surface area (Å²) < 4.78 is 27.4. The number of anilines is 1. The van der Waals surface area contributed by atoms with Gasteiger partial charge in [-0.15, -0.1) is 0 Å². The van der Waals surface area contributed by atoms with Crippen LogP contribution in [0.4, 0.5) is 13.9 Å². The molecule has 2 amide bonds. The van der Waals surface area contributed by atoms with E-state index in [0.29, 0.717) is 17.1 Å². The minimum atomic E-state index is -1.10. The number of amides is 2. The van der Waals surface area contributed by atoms with Crippen LogP contribution in [0.1, 0.15) is 64.2 Å². The molecule has 2 atom stereocenters. The number of hydrogen-bond donors (Lipinski definition) is 2. The van der Waals surface area contributed by atoms with E-state index in [1.165, 1.54) is 28.4 Å². The normalized spacial score (nSPS) is 17.6. The van der Waals surface area contributed by atoms with E-state index in [2.05, 4.69) is 15.6 Å². The molecule has 2 aromatic rings. The fourth-order valence-corrected chi connectivity index (χ4v) is 5.12. The first kappa shape index (κ1) is 27.0. The van der Waals surface area contributed by atoms with Crippen molar-refractivity contribution in [3.05, 3.63) is 24.0 Å². The molecular formula is C25H33F2N5O2S. The molecule has 0 radical (unpaired) electrons. The Hall–Kier alpha value is -2.64. The van der Waals surface area contributed by atoms with Crippen molar-refractivity contribution in [2.24, 2.45) is 0 Å². The lowest BCUT2D eigenvalue weighted by Gasteiger charge is -2.19. The third-order valence-corrected chi connectivity index (χ3v) is 7.03. The number of likely N-dealkylation sites (tertiary alicyclic amines) is 1. The minimum absolute atomic E-state index is 0.0227. The van der Waals surface area contributed by atoms with Crippen molar-refractivity contribution in [3.8, 4) is 6.07 Å². The van der Waals surface area contributed by atoms with E-state index in [-0.39, 0.29) is 37.1 Å². The first-order valence-electron chi connectivity index (χ1n) is 12.4. The molecule has 1 fully saturated rings. The molecule has 1 aliphatic heterocycles. The second kappa shape index (κ2) is 14.0. The van der Waals surface area contributed by atoms with Crippen LogP contribution in [0.5, 0.6) is 0 Å². The standard InChI is InChI=1S/C25H33F2N5O2S/c26-18-10-11-21-22(14-18)35-25(30-21)31-23(33)9-7-5-3-1-2-4-6-8-12-29-16-24(34)32-17-19(27)13-20(32)15-28/h10-11,14,19-20,29H,1-9,12-13,16-17H2,(H,30,31,33)/t19-,20?/m0/s1. The molecule has 10 heteroatoms. The molecule has 1 aromatic heterocycles. The molecule has 3 rings (SSSR count). The Morgan fingerprint density at radius 3 is 2.60 bits per heavy atom. The van der Waals surface area contributed by atoms with Crippen molar-refractivity contribution in [2.45, 2.75) is 76.4 Å². The monoisotopic (exact) mass is 505 g/mol. The largest absolute Gasteiger partial charge is 0.323 e. The predicted molar refractivity (Wildman–Crippen MR) is 133 cm³/mol. The maximum Gasteiger partial charge on any atom is 0.237 e. The van der Waals surface area contributed by atoms with E-state index in [1.807, 2.05) is 6.07 Å². The minimum Gasteiger partial charge on any atom is -0.323 e. The van der Waals surface area contributed by atoms with Crippen LogP contribution in [-0.2, 0) is 9.59 Å². The second-order valence-electron chi connectivity index (χ2n) is 8.96. The van der Waals surface area contributed by atoms with Gasteiger partial charge in [0, 0.05) is 12.8 Å². The number of nitriles is 1. The quantitative estimate of drug-likeness (QED) is 0.355. The van der Waals surface area contributed by atoms with E-state index in [9.17, 15) is 18.4 Å². The first-order valence-corrected chi connectivity index (χ1v) is 13.2. The number of hydrogen-bond acceptors (Lipinski definition) is 6. The van der Waals surface area contributed by atoms with Crippen LogP contribution in [0, 0.1) is 17.1 Å². The predicted octanol–water partition coefficient (Wildman–Crippen LogP) is 4.94. The lowest BCUT2D eigenvalue weighted by atomic mass is 10.1. The van der Waals surface area contributed by atoms with Crippen LogP contribution in [-0.4, -0.2) is 53.5 Å². The van der Waals surface area contributed by atoms with Gasteiger partial charge in [-0.3, -0.25) is 9.59 Å². The molecule has 0 aliphatic carbocycles. The van der Waals surface area contributed by atoms with Crippen LogP contribution < -0.4 is 10.6 Å². The average Bonchev–Trinajstić information content (AvgIpc) is 3.41. The Morgan fingerprint density at radius 2 is 1.86 bits per heavy atom. The van der Waals surface area contributed by atoms with Gasteiger partial charge in [0.15, 0.2) is 5.13 Å². The molecule has 1 aromatic carbocycles. The van der Waals surface area contributed by atoms with Gasteiger partial charge in [0.05, 0.1) is 29.4 Å². The molecule has 0 spiro atoms. The van der Waals surface area contributed by atoms with Gasteiger partial charge in [0.25, 0.3) is 0 Å². The van der Waals surface area contributed by atoms with Crippen molar-refractivity contribution in [1.29, 1.82) is 5.26 Å². The highest BCUT2D eigenvalue weighted by Gasteiger charge is 2.34. The number of benzene rings is 1. The number of nitrogens with one attached hydrogen (secondary N) is 2. The Morgan fingerprint density at radius 1 is 1.14 bits per heavy atom. The van der Waals surface area contributed by atoms with Gasteiger partial charge in [0.2, 0.25) is 11.8 Å². The Balaban J connectivity index is 1.13. The van der Waals surface area contributed by atoms with E-state index < -0.39 is 12.2 Å². The summed E-state index contributed by atoms with van der Waals surface area (Å²) in [6, 6.07) is 5.75. The third-order valence-electron chi connectivity index (χ3n) is 6.10. The summed E-state index contributed by atoms with van der Waals surface area (Å²) in [6.45, 7) is 0.902. The number of rotatable bonds is 14. The van der Waals surface area contributed by atoms with Crippen molar-refractivity contribution < 1.29 is 18.4 Å². The zero-order valence-electron chi connectivity index (χ0n) is 19.9. The number of unbranched alkanes of at least 4 members (excludes halogenated alkanes) is 7. The molecule has 35 heavy (non-hydrogen) atoms. The van der Waals surface area contributed by atoms with E-state index >= 15 is 0 Å². The molecule has 0 bridgehead atoms. The number of carbonyl (C=O) groups is 2. The fraction of sp³-hybridized carbons (Fsp3) is 0.600. The molecule has 1 unspecified atom stereocenters. The van der Waals surface area contributed by atoms with E-state index in [4.69, 9.17) is 5.26 Å². The summed E-state index contributed by atoms with van der Waals surface area (Å²) in [5.41, 5.74) is 0.683. The average molecular weight is 506 g/mol. The summed E-state index contributed by atoms with van der Waals surface area (Å²) in [6.07, 6.45) is 7.83. The number of fused-ring (bicyclic) bond motifs is 1. The topological polar surface area (TPSA) is 98.1 Å². The van der Waals surface area contributed by atoms with Crippen LogP contribution >= 0.6 is 11.3 Å². The molecule has 1 saturated heterocycles. The van der Waals surface area contributed by atoms with Gasteiger partial charge in [-0.25, -0.2) is 13.8 Å². The lowest BCUT2D eigenvalue weighted by Crippen LogP contribution is -2.41. The second-order valence-corrected chi connectivity index (χ2v) is 9.99. The summed E-state index contributed by atoms with van der Waals surface area (Å²) in [4.78, 5) is 29.9. The van der Waals surface area contributed by atoms with Crippen molar-refractivity contribution in [2.75, 3.05) is 25.0 Å². The maximum absolute atomic E-state index is 13.4. The van der Waals surface area contributed by atoms with E-state index in [0.717, 1.165) is 62.6 Å². The van der Waals surface area contributed by atoms with Crippen LogP contribution in [0.3, 0.4) is 0 Å². The Bertz CT molecular complexity index is 1020. The smallest absolute Gasteiger partial charge is 0.237 e. The van der Waals surface area contributed by atoms with Crippen molar-refractivity contribution in [3.63, 3.8) is 0 Å². The number of thiazole rings is 1. The lowest BCUT2D eigenvalue weighted by molar-refractivity contribution is -0.130. The molecule has 7 nitrogen and oxygen atoms in total. The fourth-order valence-electron chi connectivity index (χ4n) is 4.21. The summed E-state index contributed by atoms with van der Waals surface area (Å²) in [7, 11) is 0. The summed E-state index contributed by atoms with van der Waals surface area (Å²) >= 11 is 1.28. The molecule has 2 N–H and O–H groups in total. The summed E-state index contributed by atoms with van der Waals surface area (Å²) in [5.74, 6) is -0.581. The van der Waals surface area contributed by atoms with Crippen LogP contribution in [0.25, 0.3) is 10.2 Å². The highest BCUT2D eigenvalue weighted by molar-refractivity contribution is 7.22. The summed E-state index contributed by atoms with van der Waals surface area (Å²) in [5, 5.41) is 15.4. The number of alkyl halides is 1. The van der Waals surface area contributed by atoms with Crippen LogP contribution in [0.2, 0.25) is 0 Å². The third kappa shape index (κ3) is 8.82. The highest BCUT2D eigenvalue weighted by Crippen LogP contribution is 2.26. The number of aromatic nitrogens is 1. The van der Waals surface area contributed by atoms with Gasteiger partial charge < -0.3 is 15.5 Å². The van der Waals surface area contributed by atoms with Gasteiger partial charge in [-0.1, -0.05) is 49.9 Å². The van der Waals surface area contributed by atoms with Crippen LogP contribution in [0.15, 0.2) is 18.2 Å². The van der Waals surface area contributed by atoms with Gasteiger partial charge in [0.1, 0.15) is 18.0 Å². The van der Waals surface area contributed by atoms with Gasteiger partial charge in [-0.05, 0) is 37.6 Å². The molecule has 2 heterocycles. The van der Waals surface area contributed by atoms with Crippen molar-refractivity contribution in [1.82, 2.24) is 15.2 Å². The molecule has 190 valence electrons. The van der Waals surface area contributed by atoms with Gasteiger partial charge in [-0.2, -0.15) is 5.26 Å². The molecular weight excluding hydrogens is 472 g/mol. The maximum atomic E-state index is 13.4. The van der Waals surface area contributed by atoms with Gasteiger partial charge >= 0.3 is 0 Å². The number of halogens is 2. The SMILES string of the molecule is N#CC1C[C@H](F)CN1C(=O)CNCCCCCCCCCCC(=O)Nc1nc2ccc(F)cc2s1. The van der Waals surface area contributed by atoms with E-state index in [1.54, 1.807) is 6.07 Å². The zero-order chi connectivity index (χ0) is 25.0. The molecule has 1 aliphatic rings. The number of nitrogens with zero attached hydrogens (tertiary/aromatic N) is 3. The number of carbonyl (C=O) groups excluding carboxylic acids is 2. The first-order chi connectivity index (χ1) is 17.0. The Kier molecular flexibility index (Phi) is 10.8.